The second kappa shape index (κ2) is 6.51. The van der Waals surface area contributed by atoms with Crippen LogP contribution < -0.4 is 4.74 Å². The van der Waals surface area contributed by atoms with Crippen molar-refractivity contribution in [2.75, 3.05) is 6.54 Å². The number of hydrogen-bond donors (Lipinski definition) is 0. The Labute approximate surface area is 146 Å². The fraction of sp³-hybridized carbons (Fsp3) is 0.250. The monoisotopic (exact) mass is 337 g/mol. The van der Waals surface area contributed by atoms with E-state index < -0.39 is 5.97 Å². The Hall–Kier alpha value is -2.95. The van der Waals surface area contributed by atoms with E-state index in [4.69, 9.17) is 4.74 Å². The minimum atomic E-state index is -0.468. The van der Waals surface area contributed by atoms with Crippen molar-refractivity contribution in [3.63, 3.8) is 0 Å². The van der Waals surface area contributed by atoms with Crippen LogP contribution in [0.4, 0.5) is 0 Å². The largest absolute Gasteiger partial charge is 0.426 e. The van der Waals surface area contributed by atoms with Crippen molar-refractivity contribution >= 4 is 17.8 Å². The predicted molar refractivity (Wildman–Crippen MR) is 92.7 cm³/mol. The van der Waals surface area contributed by atoms with Crippen molar-refractivity contribution < 1.29 is 19.1 Å². The maximum atomic E-state index is 12.3. The maximum absolute atomic E-state index is 12.3. The van der Waals surface area contributed by atoms with Crippen LogP contribution in [0, 0.1) is 20.8 Å². The number of ether oxygens (including phenoxy) is 1. The molecule has 0 N–H and O–H groups in total. The lowest BCUT2D eigenvalue weighted by Gasteiger charge is -2.14. The number of rotatable bonds is 4. The predicted octanol–water partition coefficient (Wildman–Crippen LogP) is 3.20. The molecule has 0 saturated carbocycles. The van der Waals surface area contributed by atoms with Gasteiger partial charge in [0, 0.05) is 6.54 Å². The topological polar surface area (TPSA) is 63.7 Å². The highest BCUT2D eigenvalue weighted by Crippen LogP contribution is 2.25. The second-order valence-corrected chi connectivity index (χ2v) is 6.24. The van der Waals surface area contributed by atoms with Gasteiger partial charge in [0.25, 0.3) is 11.8 Å². The van der Waals surface area contributed by atoms with E-state index in [1.54, 1.807) is 24.3 Å². The summed E-state index contributed by atoms with van der Waals surface area (Å²) >= 11 is 0. The Morgan fingerprint density at radius 2 is 1.60 bits per heavy atom. The molecule has 0 saturated heterocycles. The fourth-order valence-corrected chi connectivity index (χ4v) is 2.93. The standard InChI is InChI=1S/C20H19NO4/c1-12-10-13(2)14(3)17(11-12)25-18(22)8-9-21-19(23)15-6-4-5-7-16(15)20(21)24/h4-7,10-11H,8-9H2,1-3H3. The summed E-state index contributed by atoms with van der Waals surface area (Å²) in [6, 6.07) is 10.5. The van der Waals surface area contributed by atoms with Gasteiger partial charge in [-0.05, 0) is 55.7 Å². The first-order valence-corrected chi connectivity index (χ1v) is 8.12. The first-order chi connectivity index (χ1) is 11.9. The number of imide groups is 1. The molecule has 0 atom stereocenters. The van der Waals surface area contributed by atoms with E-state index in [-0.39, 0.29) is 24.8 Å². The van der Waals surface area contributed by atoms with Crippen LogP contribution in [-0.2, 0) is 4.79 Å². The van der Waals surface area contributed by atoms with Crippen molar-refractivity contribution in [1.29, 1.82) is 0 Å². The lowest BCUT2D eigenvalue weighted by atomic mass is 10.1. The van der Waals surface area contributed by atoms with Gasteiger partial charge in [-0.15, -0.1) is 0 Å². The Morgan fingerprint density at radius 1 is 1.00 bits per heavy atom. The van der Waals surface area contributed by atoms with Crippen LogP contribution in [0.3, 0.4) is 0 Å². The highest BCUT2D eigenvalue weighted by molar-refractivity contribution is 6.21. The minimum Gasteiger partial charge on any atom is -0.426 e. The summed E-state index contributed by atoms with van der Waals surface area (Å²) in [5.74, 6) is -0.679. The molecule has 0 bridgehead atoms. The van der Waals surface area contributed by atoms with Crippen molar-refractivity contribution in [3.8, 4) is 5.75 Å². The molecule has 3 rings (SSSR count). The molecular weight excluding hydrogens is 318 g/mol. The number of amides is 2. The third-order valence-electron chi connectivity index (χ3n) is 4.41. The number of esters is 1. The van der Waals surface area contributed by atoms with Gasteiger partial charge in [0.15, 0.2) is 0 Å². The van der Waals surface area contributed by atoms with Crippen LogP contribution in [0.2, 0.25) is 0 Å². The molecule has 0 unspecified atom stereocenters. The zero-order valence-electron chi connectivity index (χ0n) is 14.5. The molecule has 0 aliphatic carbocycles. The summed E-state index contributed by atoms with van der Waals surface area (Å²) in [4.78, 5) is 37.8. The van der Waals surface area contributed by atoms with Crippen molar-refractivity contribution in [2.45, 2.75) is 27.2 Å². The molecule has 2 aromatic rings. The molecule has 1 heterocycles. The van der Waals surface area contributed by atoms with E-state index in [1.165, 1.54) is 0 Å². The summed E-state index contributed by atoms with van der Waals surface area (Å²) in [5.41, 5.74) is 3.71. The lowest BCUT2D eigenvalue weighted by molar-refractivity contribution is -0.134. The van der Waals surface area contributed by atoms with E-state index in [0.717, 1.165) is 21.6 Å². The number of carbonyl (C=O) groups is 3. The Bertz CT molecular complexity index is 850. The molecule has 0 spiro atoms. The average molecular weight is 337 g/mol. The van der Waals surface area contributed by atoms with Gasteiger partial charge in [-0.25, -0.2) is 0 Å². The Kier molecular flexibility index (Phi) is 4.40. The number of nitrogens with zero attached hydrogens (tertiary/aromatic N) is 1. The molecule has 2 aromatic carbocycles. The average Bonchev–Trinajstić information content (AvgIpc) is 2.82. The van der Waals surface area contributed by atoms with E-state index >= 15 is 0 Å². The number of hydrogen-bond acceptors (Lipinski definition) is 4. The van der Waals surface area contributed by atoms with Crippen LogP contribution in [-0.4, -0.2) is 29.2 Å². The quantitative estimate of drug-likeness (QED) is 0.488. The first-order valence-electron chi connectivity index (χ1n) is 8.12. The van der Waals surface area contributed by atoms with Gasteiger partial charge in [0.1, 0.15) is 5.75 Å². The molecule has 25 heavy (non-hydrogen) atoms. The minimum absolute atomic E-state index is 0.00895. The summed E-state index contributed by atoms with van der Waals surface area (Å²) in [6.07, 6.45) is -0.0438. The molecule has 0 aromatic heterocycles. The van der Waals surface area contributed by atoms with Crippen molar-refractivity contribution in [3.05, 3.63) is 64.2 Å². The van der Waals surface area contributed by atoms with Gasteiger partial charge in [-0.1, -0.05) is 18.2 Å². The number of fused-ring (bicyclic) bond motifs is 1. The van der Waals surface area contributed by atoms with Crippen molar-refractivity contribution in [2.24, 2.45) is 0 Å². The molecule has 1 aliphatic rings. The van der Waals surface area contributed by atoms with Gasteiger partial charge in [0.05, 0.1) is 17.5 Å². The summed E-state index contributed by atoms with van der Waals surface area (Å²) in [5, 5.41) is 0. The molecule has 0 radical (unpaired) electrons. The van der Waals surface area contributed by atoms with Gasteiger partial charge in [-0.3, -0.25) is 19.3 Å². The highest BCUT2D eigenvalue weighted by atomic mass is 16.5. The summed E-state index contributed by atoms with van der Waals surface area (Å²) in [6.45, 7) is 5.79. The third kappa shape index (κ3) is 3.18. The zero-order chi connectivity index (χ0) is 18.1. The van der Waals surface area contributed by atoms with E-state index in [2.05, 4.69) is 0 Å². The molecule has 5 nitrogen and oxygen atoms in total. The van der Waals surface area contributed by atoms with Gasteiger partial charge in [0.2, 0.25) is 0 Å². The number of aryl methyl sites for hydroxylation is 2. The highest BCUT2D eigenvalue weighted by Gasteiger charge is 2.35. The first kappa shape index (κ1) is 16.9. The van der Waals surface area contributed by atoms with Crippen LogP contribution >= 0.6 is 0 Å². The SMILES string of the molecule is Cc1cc(C)c(C)c(OC(=O)CCN2C(=O)c3ccccc3C2=O)c1. The van der Waals surface area contributed by atoms with Crippen LogP contribution in [0.15, 0.2) is 36.4 Å². The molecule has 1 aliphatic heterocycles. The Balaban J connectivity index is 1.66. The smallest absolute Gasteiger partial charge is 0.313 e. The fourth-order valence-electron chi connectivity index (χ4n) is 2.93. The van der Waals surface area contributed by atoms with E-state index in [1.807, 2.05) is 32.9 Å². The molecule has 0 fully saturated rings. The zero-order valence-corrected chi connectivity index (χ0v) is 14.5. The van der Waals surface area contributed by atoms with Gasteiger partial charge < -0.3 is 4.74 Å². The maximum Gasteiger partial charge on any atom is 0.313 e. The number of carbonyl (C=O) groups excluding carboxylic acids is 3. The third-order valence-corrected chi connectivity index (χ3v) is 4.41. The van der Waals surface area contributed by atoms with Gasteiger partial charge in [-0.2, -0.15) is 0 Å². The number of benzene rings is 2. The van der Waals surface area contributed by atoms with Crippen molar-refractivity contribution in [1.82, 2.24) is 4.90 Å². The molecule has 5 heteroatoms. The molecule has 128 valence electrons. The van der Waals surface area contributed by atoms with Gasteiger partial charge >= 0.3 is 5.97 Å². The molecular formula is C20H19NO4. The molecule has 2 amide bonds. The van der Waals surface area contributed by atoms with E-state index in [9.17, 15) is 14.4 Å². The normalized spacial score (nSPS) is 13.2. The van der Waals surface area contributed by atoms with Crippen LogP contribution in [0.1, 0.15) is 43.8 Å². The Morgan fingerprint density at radius 3 is 2.20 bits per heavy atom. The van der Waals surface area contributed by atoms with Crippen LogP contribution in [0.5, 0.6) is 5.75 Å². The summed E-state index contributed by atoms with van der Waals surface area (Å²) in [7, 11) is 0. The second-order valence-electron chi connectivity index (χ2n) is 6.24. The lowest BCUT2D eigenvalue weighted by Crippen LogP contribution is -2.32. The summed E-state index contributed by atoms with van der Waals surface area (Å²) < 4.78 is 5.43. The van der Waals surface area contributed by atoms with E-state index in [0.29, 0.717) is 16.9 Å². The van der Waals surface area contributed by atoms with Crippen LogP contribution in [0.25, 0.3) is 0 Å².